The molecule has 21 heavy (non-hydrogen) atoms. The van der Waals surface area contributed by atoms with Crippen molar-refractivity contribution in [2.24, 2.45) is 0 Å². The number of carboxylic acids is 1. The smallest absolute Gasteiger partial charge is 0.356 e. The summed E-state index contributed by atoms with van der Waals surface area (Å²) in [5.74, 6) is -2.69. The van der Waals surface area contributed by atoms with E-state index in [2.05, 4.69) is 9.72 Å². The van der Waals surface area contributed by atoms with Gasteiger partial charge in [0.15, 0.2) is 0 Å². The van der Waals surface area contributed by atoms with Gasteiger partial charge in [-0.05, 0) is 30.3 Å². The number of ether oxygens (including phenoxy) is 1. The van der Waals surface area contributed by atoms with Gasteiger partial charge >= 0.3 is 11.9 Å². The zero-order valence-electron chi connectivity index (χ0n) is 10.9. The predicted molar refractivity (Wildman–Crippen MR) is 73.1 cm³/mol. The maximum absolute atomic E-state index is 13.3. The summed E-state index contributed by atoms with van der Waals surface area (Å²) in [6, 6.07) is 6.96. The van der Waals surface area contributed by atoms with Gasteiger partial charge in [0.25, 0.3) is 0 Å². The molecule has 5 nitrogen and oxygen atoms in total. The van der Waals surface area contributed by atoms with Crippen LogP contribution >= 0.6 is 11.8 Å². The van der Waals surface area contributed by atoms with E-state index in [9.17, 15) is 14.0 Å². The maximum Gasteiger partial charge on any atom is 0.356 e. The van der Waals surface area contributed by atoms with Crippen molar-refractivity contribution in [3.63, 3.8) is 0 Å². The van der Waals surface area contributed by atoms with Crippen LogP contribution in [0.2, 0.25) is 0 Å². The second-order valence-corrected chi connectivity index (χ2v) is 5.06. The van der Waals surface area contributed by atoms with Gasteiger partial charge in [-0.25, -0.2) is 19.0 Å². The Morgan fingerprint density at radius 3 is 2.62 bits per heavy atom. The summed E-state index contributed by atoms with van der Waals surface area (Å²) >= 11 is 1.19. The van der Waals surface area contributed by atoms with E-state index >= 15 is 0 Å². The molecule has 1 aromatic heterocycles. The van der Waals surface area contributed by atoms with Crippen molar-refractivity contribution in [3.05, 3.63) is 53.6 Å². The van der Waals surface area contributed by atoms with Crippen molar-refractivity contribution in [3.8, 4) is 0 Å². The van der Waals surface area contributed by atoms with Crippen molar-refractivity contribution < 1.29 is 23.8 Å². The number of carbonyl (C=O) groups excluding carboxylic acids is 1. The Balaban J connectivity index is 2.28. The Hall–Kier alpha value is -2.41. The van der Waals surface area contributed by atoms with Crippen molar-refractivity contribution in [1.29, 1.82) is 0 Å². The second kappa shape index (κ2) is 6.36. The minimum absolute atomic E-state index is 0.142. The number of aromatic nitrogens is 1. The van der Waals surface area contributed by atoms with E-state index in [1.165, 1.54) is 43.3 Å². The molecule has 0 bridgehead atoms. The second-order valence-electron chi connectivity index (χ2n) is 3.92. The molecule has 0 atom stereocenters. The molecule has 0 fully saturated rings. The Morgan fingerprint density at radius 1 is 1.24 bits per heavy atom. The van der Waals surface area contributed by atoms with E-state index in [1.807, 2.05) is 0 Å². The number of nitrogens with zero attached hydrogens (tertiary/aromatic N) is 1. The number of methoxy groups -OCH3 is 1. The molecule has 1 N–H and O–H groups in total. The number of carboxylic acid groups (broad SMARTS) is 1. The van der Waals surface area contributed by atoms with Crippen LogP contribution in [0.5, 0.6) is 0 Å². The number of halogens is 1. The van der Waals surface area contributed by atoms with E-state index in [0.717, 1.165) is 6.07 Å². The van der Waals surface area contributed by atoms with Crippen LogP contribution in [0.25, 0.3) is 0 Å². The molecular weight excluding hydrogens is 297 g/mol. The van der Waals surface area contributed by atoms with E-state index < -0.39 is 23.3 Å². The van der Waals surface area contributed by atoms with Crippen LogP contribution < -0.4 is 0 Å². The van der Waals surface area contributed by atoms with E-state index in [-0.39, 0.29) is 5.69 Å². The normalized spacial score (nSPS) is 10.2. The first-order valence-electron chi connectivity index (χ1n) is 5.76. The molecule has 0 spiro atoms. The van der Waals surface area contributed by atoms with Gasteiger partial charge in [-0.3, -0.25) is 0 Å². The number of benzene rings is 1. The van der Waals surface area contributed by atoms with Crippen molar-refractivity contribution >= 4 is 23.7 Å². The van der Waals surface area contributed by atoms with Gasteiger partial charge in [-0.15, -0.1) is 0 Å². The lowest BCUT2D eigenvalue weighted by Gasteiger charge is -2.05. The van der Waals surface area contributed by atoms with Gasteiger partial charge in [-0.1, -0.05) is 11.8 Å². The third kappa shape index (κ3) is 3.57. The van der Waals surface area contributed by atoms with Crippen LogP contribution in [0.15, 0.2) is 46.3 Å². The molecule has 1 heterocycles. The summed E-state index contributed by atoms with van der Waals surface area (Å²) in [5.41, 5.74) is -0.259. The first-order valence-corrected chi connectivity index (χ1v) is 6.58. The molecule has 1 aromatic carbocycles. The lowest BCUT2D eigenvalue weighted by molar-refractivity contribution is 0.0592. The van der Waals surface area contributed by atoms with E-state index in [1.54, 1.807) is 6.07 Å². The number of pyridine rings is 1. The fourth-order valence-electron chi connectivity index (χ4n) is 1.56. The lowest BCUT2D eigenvalue weighted by atomic mass is 10.2. The Morgan fingerprint density at radius 2 is 1.95 bits per heavy atom. The summed E-state index contributed by atoms with van der Waals surface area (Å²) in [4.78, 5) is 27.3. The Kier molecular flexibility index (Phi) is 4.54. The summed E-state index contributed by atoms with van der Waals surface area (Å²) in [6.45, 7) is 0. The Labute approximate surface area is 123 Å². The molecule has 7 heteroatoms. The van der Waals surface area contributed by atoms with Crippen LogP contribution in [0.3, 0.4) is 0 Å². The first kappa shape index (κ1) is 15.0. The predicted octanol–water partition coefficient (Wildman–Crippen LogP) is 2.86. The molecule has 0 aliphatic carbocycles. The summed E-state index contributed by atoms with van der Waals surface area (Å²) < 4.78 is 17.9. The number of hydrogen-bond donors (Lipinski definition) is 1. The van der Waals surface area contributed by atoms with Crippen molar-refractivity contribution in [1.82, 2.24) is 4.98 Å². The number of rotatable bonds is 4. The van der Waals surface area contributed by atoms with E-state index in [0.29, 0.717) is 9.79 Å². The maximum atomic E-state index is 13.3. The van der Waals surface area contributed by atoms with Crippen molar-refractivity contribution in [2.75, 3.05) is 7.11 Å². The van der Waals surface area contributed by atoms with Gasteiger partial charge in [-0.2, -0.15) is 0 Å². The van der Waals surface area contributed by atoms with Gasteiger partial charge in [0.2, 0.25) is 0 Å². The average Bonchev–Trinajstić information content (AvgIpc) is 2.48. The SMILES string of the molecule is COC(=O)c1cc(Sc2ccc(F)c(C(=O)O)c2)ccn1. The molecule has 0 radical (unpaired) electrons. The molecular formula is C14H10FNO4S. The molecule has 108 valence electrons. The summed E-state index contributed by atoms with van der Waals surface area (Å²) in [7, 11) is 1.25. The van der Waals surface area contributed by atoms with Crippen LogP contribution in [-0.4, -0.2) is 29.1 Å². The minimum atomic E-state index is -1.33. The highest BCUT2D eigenvalue weighted by molar-refractivity contribution is 7.99. The van der Waals surface area contributed by atoms with Gasteiger partial charge in [0.1, 0.15) is 11.5 Å². The fourth-order valence-corrected chi connectivity index (χ4v) is 2.44. The third-order valence-electron chi connectivity index (χ3n) is 2.53. The lowest BCUT2D eigenvalue weighted by Crippen LogP contribution is -2.03. The largest absolute Gasteiger partial charge is 0.478 e. The number of esters is 1. The van der Waals surface area contributed by atoms with Gasteiger partial charge in [0.05, 0.1) is 12.7 Å². The first-order chi connectivity index (χ1) is 10.0. The zero-order valence-corrected chi connectivity index (χ0v) is 11.7. The number of aromatic carboxylic acids is 1. The average molecular weight is 307 g/mol. The zero-order chi connectivity index (χ0) is 15.4. The molecule has 0 aliphatic rings. The molecule has 0 aliphatic heterocycles. The van der Waals surface area contributed by atoms with Crippen LogP contribution in [0.4, 0.5) is 4.39 Å². The fraction of sp³-hybridized carbons (Fsp3) is 0.0714. The molecule has 2 rings (SSSR count). The highest BCUT2D eigenvalue weighted by Gasteiger charge is 2.12. The van der Waals surface area contributed by atoms with E-state index in [4.69, 9.17) is 5.11 Å². The minimum Gasteiger partial charge on any atom is -0.478 e. The molecule has 0 saturated heterocycles. The standard InChI is InChI=1S/C14H10FNO4S/c1-20-14(19)12-7-9(4-5-16-12)21-8-2-3-11(15)10(6-8)13(17)18/h2-7H,1H3,(H,17,18). The highest BCUT2D eigenvalue weighted by Crippen LogP contribution is 2.29. The Bertz CT molecular complexity index is 705. The van der Waals surface area contributed by atoms with Gasteiger partial charge in [0, 0.05) is 16.0 Å². The third-order valence-corrected chi connectivity index (χ3v) is 3.51. The molecule has 0 amide bonds. The quantitative estimate of drug-likeness (QED) is 0.875. The summed E-state index contributed by atoms with van der Waals surface area (Å²) in [5, 5.41) is 8.88. The topological polar surface area (TPSA) is 76.5 Å². The number of carbonyl (C=O) groups is 2. The summed E-state index contributed by atoms with van der Waals surface area (Å²) in [6.07, 6.45) is 1.44. The van der Waals surface area contributed by atoms with Crippen LogP contribution in [0.1, 0.15) is 20.8 Å². The number of hydrogen-bond acceptors (Lipinski definition) is 5. The highest BCUT2D eigenvalue weighted by atomic mass is 32.2. The molecule has 0 saturated carbocycles. The molecule has 0 unspecified atom stereocenters. The van der Waals surface area contributed by atoms with Crippen LogP contribution in [-0.2, 0) is 4.74 Å². The molecule has 2 aromatic rings. The van der Waals surface area contributed by atoms with Crippen LogP contribution in [0, 0.1) is 5.82 Å². The monoisotopic (exact) mass is 307 g/mol. The van der Waals surface area contributed by atoms with Crippen molar-refractivity contribution in [2.45, 2.75) is 9.79 Å². The van der Waals surface area contributed by atoms with Gasteiger partial charge < -0.3 is 9.84 Å².